The standard InChI is InChI=1S/C23H18ClN7O3S/c1-15(17-3-2-4-20(13-17)31(33)34)26-27-21(32)14-35-23-29-28-22(16-9-11-25-12-10-16)30(23)19-7-5-18(24)6-8-19/h2-13H,14H2,1H3,(H,27,32)/b26-15-. The highest BCUT2D eigenvalue weighted by atomic mass is 35.5. The molecule has 0 spiro atoms. The smallest absolute Gasteiger partial charge is 0.270 e. The normalized spacial score (nSPS) is 11.3. The van der Waals surface area contributed by atoms with Gasteiger partial charge in [-0.1, -0.05) is 35.5 Å². The zero-order chi connectivity index (χ0) is 24.8. The summed E-state index contributed by atoms with van der Waals surface area (Å²) in [5.74, 6) is 0.251. The maximum atomic E-state index is 12.5. The number of non-ortho nitro benzene ring substituents is 1. The Kier molecular flexibility index (Phi) is 7.48. The van der Waals surface area contributed by atoms with Gasteiger partial charge in [-0.05, 0) is 43.3 Å². The fourth-order valence-corrected chi connectivity index (χ4v) is 3.96. The monoisotopic (exact) mass is 507 g/mol. The lowest BCUT2D eigenvalue weighted by molar-refractivity contribution is -0.384. The summed E-state index contributed by atoms with van der Waals surface area (Å²) in [6, 6.07) is 16.9. The number of amides is 1. The second-order valence-corrected chi connectivity index (χ2v) is 8.56. The van der Waals surface area contributed by atoms with Crippen molar-refractivity contribution in [3.05, 3.63) is 93.8 Å². The predicted molar refractivity (Wildman–Crippen MR) is 134 cm³/mol. The van der Waals surface area contributed by atoms with E-state index in [2.05, 4.69) is 25.7 Å². The van der Waals surface area contributed by atoms with Crippen molar-refractivity contribution in [3.63, 3.8) is 0 Å². The molecule has 2 aromatic heterocycles. The molecule has 176 valence electrons. The molecule has 4 rings (SSSR count). The third kappa shape index (κ3) is 5.89. The number of thioether (sulfide) groups is 1. The molecule has 0 atom stereocenters. The molecule has 1 amide bonds. The largest absolute Gasteiger partial charge is 0.272 e. The van der Waals surface area contributed by atoms with E-state index in [1.165, 1.54) is 23.9 Å². The Morgan fingerprint density at radius 2 is 1.89 bits per heavy atom. The number of nitro benzene ring substituents is 1. The van der Waals surface area contributed by atoms with Crippen molar-refractivity contribution < 1.29 is 9.72 Å². The molecule has 10 nitrogen and oxygen atoms in total. The topological polar surface area (TPSA) is 128 Å². The van der Waals surface area contributed by atoms with Crippen molar-refractivity contribution in [2.45, 2.75) is 12.1 Å². The summed E-state index contributed by atoms with van der Waals surface area (Å²) in [5.41, 5.74) is 5.01. The summed E-state index contributed by atoms with van der Waals surface area (Å²) < 4.78 is 1.83. The van der Waals surface area contributed by atoms with E-state index < -0.39 is 4.92 Å². The van der Waals surface area contributed by atoms with E-state index in [0.29, 0.717) is 27.3 Å². The van der Waals surface area contributed by atoms with Crippen LogP contribution in [0.2, 0.25) is 5.02 Å². The van der Waals surface area contributed by atoms with Gasteiger partial charge >= 0.3 is 0 Å². The Morgan fingerprint density at radius 3 is 2.60 bits per heavy atom. The number of halogens is 1. The van der Waals surface area contributed by atoms with Crippen molar-refractivity contribution >= 4 is 40.7 Å². The van der Waals surface area contributed by atoms with Gasteiger partial charge in [0.25, 0.3) is 11.6 Å². The van der Waals surface area contributed by atoms with Crippen LogP contribution in [0.5, 0.6) is 0 Å². The molecule has 2 heterocycles. The Hall–Kier alpha value is -4.09. The molecule has 0 saturated heterocycles. The number of carbonyl (C=O) groups is 1. The number of hydrogen-bond acceptors (Lipinski definition) is 8. The Balaban J connectivity index is 1.50. The lowest BCUT2D eigenvalue weighted by Gasteiger charge is -2.10. The van der Waals surface area contributed by atoms with Crippen molar-refractivity contribution in [2.24, 2.45) is 5.10 Å². The maximum Gasteiger partial charge on any atom is 0.270 e. The minimum atomic E-state index is -0.483. The number of nitrogens with zero attached hydrogens (tertiary/aromatic N) is 6. The lowest BCUT2D eigenvalue weighted by Crippen LogP contribution is -2.21. The van der Waals surface area contributed by atoms with Crippen LogP contribution >= 0.6 is 23.4 Å². The molecule has 0 aliphatic rings. The lowest BCUT2D eigenvalue weighted by atomic mass is 10.1. The van der Waals surface area contributed by atoms with Crippen molar-refractivity contribution in [2.75, 3.05) is 5.75 Å². The maximum absolute atomic E-state index is 12.5. The summed E-state index contributed by atoms with van der Waals surface area (Å²) in [6.45, 7) is 1.66. The molecular weight excluding hydrogens is 490 g/mol. The van der Waals surface area contributed by atoms with Crippen LogP contribution < -0.4 is 5.43 Å². The number of carbonyl (C=O) groups excluding carboxylic acids is 1. The summed E-state index contributed by atoms with van der Waals surface area (Å²) in [7, 11) is 0. The molecule has 0 unspecified atom stereocenters. The summed E-state index contributed by atoms with van der Waals surface area (Å²) >= 11 is 7.24. The first-order valence-electron chi connectivity index (χ1n) is 10.2. The summed E-state index contributed by atoms with van der Waals surface area (Å²) in [5, 5.41) is 24.7. The Labute approximate surface area is 209 Å². The molecule has 0 fully saturated rings. The SMILES string of the molecule is C/C(=N/NC(=O)CSc1nnc(-c2ccncc2)n1-c1ccc(Cl)cc1)c1cccc([N+](=O)[O-])c1. The van der Waals surface area contributed by atoms with Crippen molar-refractivity contribution in [1.82, 2.24) is 25.2 Å². The van der Waals surface area contributed by atoms with Gasteiger partial charge in [-0.2, -0.15) is 5.10 Å². The van der Waals surface area contributed by atoms with Crippen molar-refractivity contribution in [1.29, 1.82) is 0 Å². The van der Waals surface area contributed by atoms with E-state index in [4.69, 9.17) is 11.6 Å². The van der Waals surface area contributed by atoms with Gasteiger partial charge in [0, 0.05) is 46.4 Å². The van der Waals surface area contributed by atoms with Crippen LogP contribution in [0.25, 0.3) is 17.1 Å². The summed E-state index contributed by atoms with van der Waals surface area (Å²) in [4.78, 5) is 27.0. The van der Waals surface area contributed by atoms with Crippen LogP contribution in [0.15, 0.2) is 83.3 Å². The van der Waals surface area contributed by atoms with Crippen LogP contribution in [0.1, 0.15) is 12.5 Å². The molecule has 2 aromatic carbocycles. The van der Waals surface area contributed by atoms with Crippen LogP contribution in [-0.2, 0) is 4.79 Å². The highest BCUT2D eigenvalue weighted by molar-refractivity contribution is 7.99. The van der Waals surface area contributed by atoms with E-state index in [-0.39, 0.29) is 17.3 Å². The first kappa shape index (κ1) is 24.0. The average Bonchev–Trinajstić information content (AvgIpc) is 3.31. The quantitative estimate of drug-likeness (QED) is 0.160. The molecule has 0 bridgehead atoms. The minimum Gasteiger partial charge on any atom is -0.272 e. The van der Waals surface area contributed by atoms with Gasteiger partial charge in [-0.3, -0.25) is 24.5 Å². The van der Waals surface area contributed by atoms with Gasteiger partial charge in [0.1, 0.15) is 0 Å². The number of nitrogens with one attached hydrogen (secondary N) is 1. The van der Waals surface area contributed by atoms with E-state index in [9.17, 15) is 14.9 Å². The van der Waals surface area contributed by atoms with Crippen molar-refractivity contribution in [3.8, 4) is 17.1 Å². The summed E-state index contributed by atoms with van der Waals surface area (Å²) in [6.07, 6.45) is 3.33. The van der Waals surface area contributed by atoms with Gasteiger partial charge in [0.05, 0.1) is 16.4 Å². The fraction of sp³-hybridized carbons (Fsp3) is 0.0870. The van der Waals surface area contributed by atoms with E-state index in [0.717, 1.165) is 11.3 Å². The third-order valence-electron chi connectivity index (χ3n) is 4.81. The van der Waals surface area contributed by atoms with Crippen LogP contribution in [-0.4, -0.2) is 42.0 Å². The number of aromatic nitrogens is 4. The number of benzene rings is 2. The van der Waals surface area contributed by atoms with Gasteiger partial charge in [-0.25, -0.2) is 5.43 Å². The highest BCUT2D eigenvalue weighted by Crippen LogP contribution is 2.28. The zero-order valence-corrected chi connectivity index (χ0v) is 19.9. The molecule has 0 saturated carbocycles. The van der Waals surface area contributed by atoms with Gasteiger partial charge in [0.15, 0.2) is 11.0 Å². The van der Waals surface area contributed by atoms with E-state index in [1.807, 2.05) is 28.8 Å². The van der Waals surface area contributed by atoms with Gasteiger partial charge in [0.2, 0.25) is 0 Å². The number of pyridine rings is 1. The Bertz CT molecular complexity index is 1390. The second kappa shape index (κ2) is 10.9. The number of hydrazone groups is 1. The molecule has 0 radical (unpaired) electrons. The first-order valence-corrected chi connectivity index (χ1v) is 11.6. The zero-order valence-electron chi connectivity index (χ0n) is 18.3. The molecule has 0 aliphatic heterocycles. The van der Waals surface area contributed by atoms with E-state index in [1.54, 1.807) is 43.6 Å². The van der Waals surface area contributed by atoms with Crippen LogP contribution in [0.3, 0.4) is 0 Å². The van der Waals surface area contributed by atoms with Gasteiger partial charge < -0.3 is 0 Å². The molecule has 0 aliphatic carbocycles. The fourth-order valence-electron chi connectivity index (χ4n) is 3.09. The van der Waals surface area contributed by atoms with Gasteiger partial charge in [-0.15, -0.1) is 10.2 Å². The second-order valence-electron chi connectivity index (χ2n) is 7.18. The minimum absolute atomic E-state index is 0.0216. The highest BCUT2D eigenvalue weighted by Gasteiger charge is 2.17. The first-order chi connectivity index (χ1) is 16.9. The molecule has 4 aromatic rings. The number of rotatable bonds is 8. The van der Waals surface area contributed by atoms with Crippen LogP contribution in [0.4, 0.5) is 5.69 Å². The van der Waals surface area contributed by atoms with Crippen LogP contribution in [0, 0.1) is 10.1 Å². The molecule has 12 heteroatoms. The van der Waals surface area contributed by atoms with E-state index >= 15 is 0 Å². The Morgan fingerprint density at radius 1 is 1.14 bits per heavy atom. The average molecular weight is 508 g/mol. The predicted octanol–water partition coefficient (Wildman–Crippen LogP) is 4.52. The number of hydrogen-bond donors (Lipinski definition) is 1. The number of nitro groups is 1. The third-order valence-corrected chi connectivity index (χ3v) is 5.99. The molecule has 1 N–H and O–H groups in total. The molecule has 35 heavy (non-hydrogen) atoms. The molecular formula is C23H18ClN7O3S.